The molecule has 5 nitrogen and oxygen atoms in total. The summed E-state index contributed by atoms with van der Waals surface area (Å²) in [4.78, 5) is 35.1. The summed E-state index contributed by atoms with van der Waals surface area (Å²) in [7, 11) is 0. The molecule has 1 aromatic rings. The average Bonchev–Trinajstić information content (AvgIpc) is 2.56. The van der Waals surface area contributed by atoms with Crippen LogP contribution in [0.15, 0.2) is 35.9 Å². The van der Waals surface area contributed by atoms with Crippen molar-refractivity contribution < 1.29 is 19.5 Å². The van der Waals surface area contributed by atoms with Gasteiger partial charge in [-0.2, -0.15) is 0 Å². The smallest absolute Gasteiger partial charge is 0.335 e. The minimum absolute atomic E-state index is 0.0899. The van der Waals surface area contributed by atoms with Crippen LogP contribution in [0.4, 0.5) is 0 Å². The van der Waals surface area contributed by atoms with Gasteiger partial charge in [0.25, 0.3) is 11.8 Å². The average molecular weight is 245 g/mol. The molecule has 2 rings (SSSR count). The number of imide groups is 1. The Morgan fingerprint density at radius 2 is 2.06 bits per heavy atom. The van der Waals surface area contributed by atoms with Crippen LogP contribution in [-0.4, -0.2) is 27.8 Å². The molecule has 0 bridgehead atoms. The van der Waals surface area contributed by atoms with E-state index in [0.29, 0.717) is 11.1 Å². The van der Waals surface area contributed by atoms with Crippen molar-refractivity contribution in [3.63, 3.8) is 0 Å². The van der Waals surface area contributed by atoms with E-state index in [1.54, 1.807) is 19.1 Å². The maximum absolute atomic E-state index is 11.7. The zero-order valence-corrected chi connectivity index (χ0v) is 9.71. The second-order valence-corrected chi connectivity index (χ2v) is 4.06. The highest BCUT2D eigenvalue weighted by Gasteiger charge is 2.28. The molecule has 0 aromatic heterocycles. The predicted octanol–water partition coefficient (Wildman–Crippen LogP) is 1.20. The topological polar surface area (TPSA) is 74.7 Å². The summed E-state index contributed by atoms with van der Waals surface area (Å²) < 4.78 is 0. The molecule has 0 aliphatic carbocycles. The van der Waals surface area contributed by atoms with Gasteiger partial charge in [0.2, 0.25) is 0 Å². The Balaban J connectivity index is 2.21. The second kappa shape index (κ2) is 4.44. The molecule has 0 saturated heterocycles. The molecule has 0 atom stereocenters. The molecule has 18 heavy (non-hydrogen) atoms. The van der Waals surface area contributed by atoms with Crippen molar-refractivity contribution in [3.05, 3.63) is 47.0 Å². The van der Waals surface area contributed by atoms with Gasteiger partial charge in [0.05, 0.1) is 12.1 Å². The standard InChI is InChI=1S/C13H11NO4/c1-8-5-11(15)14(12(8)16)7-9-3-2-4-10(6-9)13(17)18/h2-6H,7H2,1H3,(H,17,18). The molecule has 0 fully saturated rings. The molecule has 1 heterocycles. The third-order valence-corrected chi connectivity index (χ3v) is 2.70. The number of benzene rings is 1. The van der Waals surface area contributed by atoms with E-state index < -0.39 is 5.97 Å². The van der Waals surface area contributed by atoms with Crippen LogP contribution in [0.3, 0.4) is 0 Å². The van der Waals surface area contributed by atoms with E-state index in [1.165, 1.54) is 18.2 Å². The minimum atomic E-state index is -1.04. The van der Waals surface area contributed by atoms with Crippen LogP contribution in [0.25, 0.3) is 0 Å². The van der Waals surface area contributed by atoms with E-state index in [0.717, 1.165) is 4.90 Å². The maximum atomic E-state index is 11.7. The first kappa shape index (κ1) is 12.0. The highest BCUT2D eigenvalue weighted by atomic mass is 16.4. The fourth-order valence-corrected chi connectivity index (χ4v) is 1.77. The van der Waals surface area contributed by atoms with E-state index in [1.807, 2.05) is 0 Å². The summed E-state index contributed by atoms with van der Waals surface area (Å²) in [6.07, 6.45) is 1.28. The van der Waals surface area contributed by atoms with Crippen LogP contribution >= 0.6 is 0 Å². The molecule has 5 heteroatoms. The lowest BCUT2D eigenvalue weighted by Crippen LogP contribution is -2.30. The van der Waals surface area contributed by atoms with E-state index in [-0.39, 0.29) is 23.9 Å². The number of carbonyl (C=O) groups is 3. The van der Waals surface area contributed by atoms with Gasteiger partial charge in [-0.05, 0) is 24.6 Å². The van der Waals surface area contributed by atoms with Gasteiger partial charge < -0.3 is 5.11 Å². The number of rotatable bonds is 3. The van der Waals surface area contributed by atoms with Crippen molar-refractivity contribution in [3.8, 4) is 0 Å². The number of hydrogen-bond donors (Lipinski definition) is 1. The molecule has 1 aliphatic rings. The Labute approximate surface area is 103 Å². The molecule has 0 unspecified atom stereocenters. The summed E-state index contributed by atoms with van der Waals surface area (Å²) in [5.74, 6) is -1.73. The van der Waals surface area contributed by atoms with Crippen LogP contribution in [0.2, 0.25) is 0 Å². The third kappa shape index (κ3) is 2.15. The van der Waals surface area contributed by atoms with E-state index >= 15 is 0 Å². The lowest BCUT2D eigenvalue weighted by Gasteiger charge is -2.14. The van der Waals surface area contributed by atoms with Crippen molar-refractivity contribution in [2.45, 2.75) is 13.5 Å². The Morgan fingerprint density at radius 1 is 1.33 bits per heavy atom. The molecule has 0 spiro atoms. The largest absolute Gasteiger partial charge is 0.478 e. The number of carbonyl (C=O) groups excluding carboxylic acids is 2. The van der Waals surface area contributed by atoms with Crippen molar-refractivity contribution in [2.75, 3.05) is 0 Å². The normalized spacial score (nSPS) is 14.9. The fraction of sp³-hybridized carbons (Fsp3) is 0.154. The van der Waals surface area contributed by atoms with Gasteiger partial charge in [-0.3, -0.25) is 14.5 Å². The molecule has 1 N–H and O–H groups in total. The van der Waals surface area contributed by atoms with Crippen LogP contribution in [0.5, 0.6) is 0 Å². The number of nitrogens with zero attached hydrogens (tertiary/aromatic N) is 1. The molecule has 1 aliphatic heterocycles. The molecule has 92 valence electrons. The first-order valence-corrected chi connectivity index (χ1v) is 5.35. The molecule has 0 saturated carbocycles. The predicted molar refractivity (Wildman–Crippen MR) is 62.7 cm³/mol. The molecule has 1 aromatic carbocycles. The van der Waals surface area contributed by atoms with Crippen LogP contribution in [0, 0.1) is 0 Å². The zero-order chi connectivity index (χ0) is 13.3. The number of amides is 2. The summed E-state index contributed by atoms with van der Waals surface area (Å²) >= 11 is 0. The van der Waals surface area contributed by atoms with Gasteiger partial charge in [-0.15, -0.1) is 0 Å². The van der Waals surface area contributed by atoms with Crippen LogP contribution in [-0.2, 0) is 16.1 Å². The van der Waals surface area contributed by atoms with E-state index in [4.69, 9.17) is 5.11 Å². The number of carboxylic acids is 1. The van der Waals surface area contributed by atoms with Crippen molar-refractivity contribution in [2.24, 2.45) is 0 Å². The Hall–Kier alpha value is -2.43. The van der Waals surface area contributed by atoms with Gasteiger partial charge in [-0.25, -0.2) is 4.79 Å². The maximum Gasteiger partial charge on any atom is 0.335 e. The molecular formula is C13H11NO4. The van der Waals surface area contributed by atoms with Crippen LogP contribution in [0.1, 0.15) is 22.8 Å². The highest BCUT2D eigenvalue weighted by molar-refractivity contribution is 6.15. The minimum Gasteiger partial charge on any atom is -0.478 e. The van der Waals surface area contributed by atoms with Crippen LogP contribution < -0.4 is 0 Å². The Morgan fingerprint density at radius 3 is 2.61 bits per heavy atom. The SMILES string of the molecule is CC1=CC(=O)N(Cc2cccc(C(=O)O)c2)C1=O. The monoisotopic (exact) mass is 245 g/mol. The third-order valence-electron chi connectivity index (χ3n) is 2.70. The summed E-state index contributed by atoms with van der Waals surface area (Å²) in [6.45, 7) is 1.67. The van der Waals surface area contributed by atoms with Crippen molar-refractivity contribution in [1.29, 1.82) is 0 Å². The van der Waals surface area contributed by atoms with Crippen molar-refractivity contribution in [1.82, 2.24) is 4.90 Å². The summed E-state index contributed by atoms with van der Waals surface area (Å²) in [5.41, 5.74) is 1.14. The van der Waals surface area contributed by atoms with Gasteiger partial charge in [0, 0.05) is 11.6 Å². The number of aromatic carboxylic acids is 1. The summed E-state index contributed by atoms with van der Waals surface area (Å²) in [5, 5.41) is 8.86. The van der Waals surface area contributed by atoms with Crippen molar-refractivity contribution >= 4 is 17.8 Å². The lowest BCUT2D eigenvalue weighted by atomic mass is 10.1. The molecular weight excluding hydrogens is 234 g/mol. The van der Waals surface area contributed by atoms with E-state index in [2.05, 4.69) is 0 Å². The first-order valence-electron chi connectivity index (χ1n) is 5.35. The quantitative estimate of drug-likeness (QED) is 0.812. The number of hydrogen-bond acceptors (Lipinski definition) is 3. The van der Waals surface area contributed by atoms with Gasteiger partial charge >= 0.3 is 5.97 Å². The lowest BCUT2D eigenvalue weighted by molar-refractivity contribution is -0.137. The molecule has 0 radical (unpaired) electrons. The molecule has 2 amide bonds. The number of carboxylic acid groups (broad SMARTS) is 1. The van der Waals surface area contributed by atoms with E-state index in [9.17, 15) is 14.4 Å². The summed E-state index contributed by atoms with van der Waals surface area (Å²) in [6, 6.07) is 6.18. The zero-order valence-electron chi connectivity index (χ0n) is 9.71. The first-order chi connectivity index (χ1) is 8.49. The Kier molecular flexibility index (Phi) is 2.97. The van der Waals surface area contributed by atoms with Gasteiger partial charge in [0.1, 0.15) is 0 Å². The van der Waals surface area contributed by atoms with Gasteiger partial charge in [-0.1, -0.05) is 12.1 Å². The second-order valence-electron chi connectivity index (χ2n) is 4.06. The fourth-order valence-electron chi connectivity index (χ4n) is 1.77. The van der Waals surface area contributed by atoms with Gasteiger partial charge in [0.15, 0.2) is 0 Å². The Bertz CT molecular complexity index is 574. The highest BCUT2D eigenvalue weighted by Crippen LogP contribution is 2.16.